The number of aromatic hydroxyl groups is 1. The van der Waals surface area contributed by atoms with E-state index in [0.29, 0.717) is 67.6 Å². The lowest BCUT2D eigenvalue weighted by molar-refractivity contribution is -0.168. The minimum atomic E-state index is -0.754. The number of phenolic OH excluding ortho intramolecular Hbond substituents is 1. The van der Waals surface area contributed by atoms with Crippen molar-refractivity contribution in [3.05, 3.63) is 111 Å². The molecule has 10 nitrogen and oxygen atoms in total. The number of nitrogens with zero attached hydrogens (tertiary/aromatic N) is 2. The van der Waals surface area contributed by atoms with Crippen molar-refractivity contribution in [2.24, 2.45) is 5.92 Å². The summed E-state index contributed by atoms with van der Waals surface area (Å²) in [4.78, 5) is 58.7. The lowest BCUT2D eigenvalue weighted by atomic mass is 9.72. The first-order chi connectivity index (χ1) is 26.7. The molecule has 2 atom stereocenters. The normalized spacial score (nSPS) is 21.0. The van der Waals surface area contributed by atoms with Gasteiger partial charge in [-0.25, -0.2) is 0 Å². The standard InChI is InChI=1S/C45H53N3O7/c49-35(10-6-1-2-7-11-38(50)36-16-18-39(51)43-37(36)17-19-41(52)46-43)28-31-12-14-32(15-13-31)29-42(53)48-26-22-45(23-27-48,34-8-4-3-5-9-34)44(54)55-40-30-47-24-20-33(40)21-25-47/h3-5,8-9,12-19,33,38,40,50-51H,1-2,6-7,10-11,20-30H2,(H,46,52)/t38-,40-/m0/s1. The van der Waals surface area contributed by atoms with Gasteiger partial charge in [-0.2, -0.15) is 0 Å². The molecule has 4 aliphatic heterocycles. The van der Waals surface area contributed by atoms with Gasteiger partial charge in [-0.1, -0.05) is 79.9 Å². The number of H-pyrrole nitrogens is 1. The number of esters is 1. The maximum absolute atomic E-state index is 14.0. The van der Waals surface area contributed by atoms with Crippen molar-refractivity contribution in [1.82, 2.24) is 14.8 Å². The molecule has 1 amide bonds. The number of ketones is 1. The number of aliphatic hydroxyl groups excluding tert-OH is 1. The molecule has 0 radical (unpaired) electrons. The number of aromatic nitrogens is 1. The Bertz CT molecular complexity index is 2010. The average Bonchev–Trinajstić information content (AvgIpc) is 3.21. The maximum atomic E-state index is 14.0. The number of aromatic amines is 1. The summed E-state index contributed by atoms with van der Waals surface area (Å²) in [6.45, 7) is 3.99. The van der Waals surface area contributed by atoms with Crippen LogP contribution in [0.25, 0.3) is 10.9 Å². The average molecular weight is 748 g/mol. The number of hydrogen-bond donors (Lipinski definition) is 3. The summed E-state index contributed by atoms with van der Waals surface area (Å²) < 4.78 is 6.30. The Hall–Kier alpha value is -4.80. The second-order valence-corrected chi connectivity index (χ2v) is 15.9. The van der Waals surface area contributed by atoms with Gasteiger partial charge in [0.05, 0.1) is 23.5 Å². The number of aliphatic hydroxyl groups is 1. The van der Waals surface area contributed by atoms with E-state index >= 15 is 0 Å². The molecule has 4 aromatic rings. The molecule has 55 heavy (non-hydrogen) atoms. The van der Waals surface area contributed by atoms with Crippen LogP contribution < -0.4 is 5.56 Å². The van der Waals surface area contributed by atoms with E-state index in [1.54, 1.807) is 12.1 Å². The van der Waals surface area contributed by atoms with Gasteiger partial charge in [0, 0.05) is 43.9 Å². The van der Waals surface area contributed by atoms with E-state index in [-0.39, 0.29) is 41.5 Å². The van der Waals surface area contributed by atoms with Crippen molar-refractivity contribution >= 4 is 28.6 Å². The fraction of sp³-hybridized carbons (Fsp3) is 0.467. The highest BCUT2D eigenvalue weighted by Gasteiger charge is 2.47. The fourth-order valence-corrected chi connectivity index (χ4v) is 8.90. The summed E-state index contributed by atoms with van der Waals surface area (Å²) >= 11 is 0. The number of pyridine rings is 1. The number of Topliss-reactive ketones (excluding diaryl/α,β-unsaturated/α-hetero) is 1. The van der Waals surface area contributed by atoms with E-state index in [1.807, 2.05) is 59.5 Å². The number of rotatable bonds is 15. The summed E-state index contributed by atoms with van der Waals surface area (Å²) in [7, 11) is 0. The Balaban J connectivity index is 0.830. The van der Waals surface area contributed by atoms with Crippen LogP contribution in [0.1, 0.15) is 92.6 Å². The van der Waals surface area contributed by atoms with Crippen LogP contribution in [0.2, 0.25) is 0 Å². The topological polar surface area (TPSA) is 140 Å². The van der Waals surface area contributed by atoms with Crippen molar-refractivity contribution in [2.45, 2.75) is 94.7 Å². The van der Waals surface area contributed by atoms with Crippen molar-refractivity contribution in [3.8, 4) is 5.75 Å². The minimum Gasteiger partial charge on any atom is -0.506 e. The number of carbonyl (C=O) groups is 3. The predicted octanol–water partition coefficient (Wildman–Crippen LogP) is 6.16. The van der Waals surface area contributed by atoms with Gasteiger partial charge in [-0.15, -0.1) is 0 Å². The Kier molecular flexibility index (Phi) is 12.1. The van der Waals surface area contributed by atoms with Crippen LogP contribution in [0.3, 0.4) is 0 Å². The summed E-state index contributed by atoms with van der Waals surface area (Å²) in [5.41, 5.74) is 2.73. The highest BCUT2D eigenvalue weighted by molar-refractivity contribution is 5.87. The van der Waals surface area contributed by atoms with Crippen molar-refractivity contribution in [3.63, 3.8) is 0 Å². The van der Waals surface area contributed by atoms with E-state index in [0.717, 1.165) is 74.8 Å². The largest absolute Gasteiger partial charge is 0.506 e. The van der Waals surface area contributed by atoms with E-state index in [1.165, 1.54) is 12.1 Å². The molecule has 0 aliphatic carbocycles. The van der Waals surface area contributed by atoms with Gasteiger partial charge in [-0.3, -0.25) is 24.1 Å². The summed E-state index contributed by atoms with van der Waals surface area (Å²) in [5.74, 6) is 0.478. The number of phenols is 1. The molecule has 0 spiro atoms. The zero-order valence-electron chi connectivity index (χ0n) is 31.6. The number of carbonyl (C=O) groups excluding carboxylic acids is 3. The number of piperidine rings is 4. The third-order valence-corrected chi connectivity index (χ3v) is 12.3. The second kappa shape index (κ2) is 17.3. The zero-order valence-corrected chi connectivity index (χ0v) is 31.6. The molecule has 1 aromatic heterocycles. The molecule has 0 saturated carbocycles. The first kappa shape index (κ1) is 38.5. The number of ether oxygens (including phenoxy) is 1. The van der Waals surface area contributed by atoms with Gasteiger partial charge < -0.3 is 24.8 Å². The van der Waals surface area contributed by atoms with Crippen LogP contribution in [0.4, 0.5) is 0 Å². The highest BCUT2D eigenvalue weighted by atomic mass is 16.5. The first-order valence-electron chi connectivity index (χ1n) is 20.1. The molecule has 5 heterocycles. The van der Waals surface area contributed by atoms with Gasteiger partial charge in [-0.05, 0) is 91.9 Å². The van der Waals surface area contributed by atoms with E-state index in [2.05, 4.69) is 9.88 Å². The molecular weight excluding hydrogens is 695 g/mol. The van der Waals surface area contributed by atoms with Crippen LogP contribution in [-0.2, 0) is 37.4 Å². The molecule has 2 bridgehead atoms. The van der Waals surface area contributed by atoms with Crippen LogP contribution in [0.15, 0.2) is 83.7 Å². The molecular formula is C45H53N3O7. The molecule has 290 valence electrons. The quantitative estimate of drug-likeness (QED) is 0.0971. The number of nitrogens with one attached hydrogen (secondary N) is 1. The van der Waals surface area contributed by atoms with Gasteiger partial charge in [0.2, 0.25) is 11.5 Å². The Morgan fingerprint density at radius 2 is 1.51 bits per heavy atom. The molecule has 4 aliphatic rings. The lowest BCUT2D eigenvalue weighted by Gasteiger charge is -2.46. The summed E-state index contributed by atoms with van der Waals surface area (Å²) in [6.07, 6.45) is 7.46. The van der Waals surface area contributed by atoms with Gasteiger partial charge in [0.1, 0.15) is 17.6 Å². The molecule has 3 N–H and O–H groups in total. The lowest BCUT2D eigenvalue weighted by Crippen LogP contribution is -2.55. The number of benzene rings is 3. The molecule has 4 saturated heterocycles. The Morgan fingerprint density at radius 1 is 0.818 bits per heavy atom. The Labute approximate surface area is 322 Å². The van der Waals surface area contributed by atoms with Gasteiger partial charge >= 0.3 is 5.97 Å². The number of amides is 1. The maximum Gasteiger partial charge on any atom is 0.317 e. The van der Waals surface area contributed by atoms with Gasteiger partial charge in [0.15, 0.2) is 0 Å². The number of likely N-dealkylation sites (tertiary alicyclic amines) is 1. The third-order valence-electron chi connectivity index (χ3n) is 12.3. The number of hydrogen-bond acceptors (Lipinski definition) is 8. The minimum absolute atomic E-state index is 0.0284. The second-order valence-electron chi connectivity index (χ2n) is 15.9. The molecule has 8 rings (SSSR count). The summed E-state index contributed by atoms with van der Waals surface area (Å²) in [5, 5.41) is 21.5. The van der Waals surface area contributed by atoms with Crippen molar-refractivity contribution < 1.29 is 29.3 Å². The predicted molar refractivity (Wildman–Crippen MR) is 211 cm³/mol. The first-order valence-corrected chi connectivity index (χ1v) is 20.1. The number of unbranched alkanes of at least 4 members (excludes halogenated alkanes) is 3. The SMILES string of the molecule is O=C(CCCCCC[C@H](O)c1ccc(O)c2[nH]c(=O)ccc12)Cc1ccc(CC(=O)N2CCC(C(=O)O[C@H]3CN4CCC3CC4)(c3ccccc3)CC2)cc1. The molecule has 3 aromatic carbocycles. The smallest absolute Gasteiger partial charge is 0.317 e. The molecule has 10 heteroatoms. The Morgan fingerprint density at radius 3 is 2.20 bits per heavy atom. The van der Waals surface area contributed by atoms with Gasteiger partial charge in [0.25, 0.3) is 0 Å². The third kappa shape index (κ3) is 9.03. The fourth-order valence-electron chi connectivity index (χ4n) is 8.90. The monoisotopic (exact) mass is 747 g/mol. The van der Waals surface area contributed by atoms with E-state index in [4.69, 9.17) is 4.74 Å². The zero-order chi connectivity index (χ0) is 38.4. The highest BCUT2D eigenvalue weighted by Crippen LogP contribution is 2.39. The van der Waals surface area contributed by atoms with Crippen molar-refractivity contribution in [2.75, 3.05) is 32.7 Å². The van der Waals surface area contributed by atoms with Crippen LogP contribution in [0.5, 0.6) is 5.75 Å². The van der Waals surface area contributed by atoms with Crippen molar-refractivity contribution in [1.29, 1.82) is 0 Å². The molecule has 4 fully saturated rings. The van der Waals surface area contributed by atoms with E-state index < -0.39 is 11.5 Å². The van der Waals surface area contributed by atoms with Crippen LogP contribution in [-0.4, -0.2) is 81.5 Å². The molecule has 0 unspecified atom stereocenters. The summed E-state index contributed by atoms with van der Waals surface area (Å²) in [6, 6.07) is 23.9. The van der Waals surface area contributed by atoms with E-state index in [9.17, 15) is 29.4 Å². The number of fused-ring (bicyclic) bond motifs is 4. The van der Waals surface area contributed by atoms with Crippen LogP contribution >= 0.6 is 0 Å². The van der Waals surface area contributed by atoms with Crippen LogP contribution in [0, 0.1) is 5.92 Å².